The number of carbonyl (C=O) groups excluding carboxylic acids is 1. The van der Waals surface area contributed by atoms with Gasteiger partial charge in [0.25, 0.3) is 0 Å². The monoisotopic (exact) mass is 369 g/mol. The molecule has 0 bridgehead atoms. The first-order chi connectivity index (χ1) is 12.9. The van der Waals surface area contributed by atoms with E-state index >= 15 is 0 Å². The number of carbonyl (C=O) groups is 1. The van der Waals surface area contributed by atoms with Gasteiger partial charge < -0.3 is 13.8 Å². The summed E-state index contributed by atoms with van der Waals surface area (Å²) in [5.41, 5.74) is 4.77. The number of oxazole rings is 1. The predicted octanol–water partition coefficient (Wildman–Crippen LogP) is 2.51. The van der Waals surface area contributed by atoms with Gasteiger partial charge in [-0.15, -0.1) is 0 Å². The summed E-state index contributed by atoms with van der Waals surface area (Å²) in [5.74, 6) is 2.16. The normalized spacial score (nSPS) is 13.9. The van der Waals surface area contributed by atoms with E-state index in [1.807, 2.05) is 37.4 Å². The Bertz CT molecular complexity index is 978. The summed E-state index contributed by atoms with van der Waals surface area (Å²) in [6.45, 7) is 6.87. The molecule has 142 valence electrons. The maximum atomic E-state index is 12.8. The molecule has 0 N–H and O–H groups in total. The topological polar surface area (TPSA) is 90.2 Å². The van der Waals surface area contributed by atoms with Crippen LogP contribution in [0.5, 0.6) is 0 Å². The van der Waals surface area contributed by atoms with Crippen molar-refractivity contribution in [3.63, 3.8) is 0 Å². The Morgan fingerprint density at radius 3 is 2.78 bits per heavy atom. The lowest BCUT2D eigenvalue weighted by atomic mass is 10.0. The standard InChI is InChI=1S/C19H23N5O3/c1-11-9-20-19(26-11)18-15-10-24(8-7-16(15)23(4)21-18)17(25)6-5-14-12(2)22-27-13(14)3/h9H,5-8,10H2,1-4H3. The molecular weight excluding hydrogens is 346 g/mol. The minimum Gasteiger partial charge on any atom is -0.440 e. The molecule has 4 heterocycles. The van der Waals surface area contributed by atoms with Crippen LogP contribution in [-0.4, -0.2) is 37.3 Å². The van der Waals surface area contributed by atoms with E-state index in [1.165, 1.54) is 0 Å². The van der Waals surface area contributed by atoms with E-state index in [-0.39, 0.29) is 5.91 Å². The van der Waals surface area contributed by atoms with Crippen LogP contribution >= 0.6 is 0 Å². The van der Waals surface area contributed by atoms with Crippen molar-refractivity contribution in [2.75, 3.05) is 6.54 Å². The first-order valence-corrected chi connectivity index (χ1v) is 9.11. The zero-order valence-electron chi connectivity index (χ0n) is 16.1. The second-order valence-corrected chi connectivity index (χ2v) is 7.04. The number of rotatable bonds is 4. The molecule has 0 atom stereocenters. The Morgan fingerprint density at radius 2 is 2.11 bits per heavy atom. The molecule has 1 aliphatic rings. The van der Waals surface area contributed by atoms with Crippen LogP contribution in [0.15, 0.2) is 15.1 Å². The van der Waals surface area contributed by atoms with Gasteiger partial charge in [-0.3, -0.25) is 9.48 Å². The summed E-state index contributed by atoms with van der Waals surface area (Å²) in [7, 11) is 1.92. The zero-order valence-corrected chi connectivity index (χ0v) is 16.1. The van der Waals surface area contributed by atoms with E-state index in [2.05, 4.69) is 15.2 Å². The molecule has 4 rings (SSSR count). The average Bonchev–Trinajstić information content (AvgIpc) is 3.31. The number of aromatic nitrogens is 4. The second kappa shape index (κ2) is 6.68. The predicted molar refractivity (Wildman–Crippen MR) is 96.9 cm³/mol. The molecule has 0 saturated carbocycles. The fourth-order valence-electron chi connectivity index (χ4n) is 3.69. The van der Waals surface area contributed by atoms with Gasteiger partial charge in [-0.2, -0.15) is 5.10 Å². The highest BCUT2D eigenvalue weighted by atomic mass is 16.5. The van der Waals surface area contributed by atoms with Crippen molar-refractivity contribution in [1.82, 2.24) is 24.8 Å². The zero-order chi connectivity index (χ0) is 19.1. The van der Waals surface area contributed by atoms with Crippen LogP contribution in [0.2, 0.25) is 0 Å². The number of hydrogen-bond donors (Lipinski definition) is 0. The Morgan fingerprint density at radius 1 is 1.30 bits per heavy atom. The first-order valence-electron chi connectivity index (χ1n) is 9.11. The molecular formula is C19H23N5O3. The van der Waals surface area contributed by atoms with Crippen LogP contribution in [-0.2, 0) is 31.2 Å². The molecule has 0 aliphatic carbocycles. The van der Waals surface area contributed by atoms with Crippen LogP contribution < -0.4 is 0 Å². The maximum absolute atomic E-state index is 12.8. The Hall–Kier alpha value is -2.90. The average molecular weight is 369 g/mol. The SMILES string of the molecule is Cc1cnc(-c2nn(C)c3c2CN(C(=O)CCc2c(C)noc2C)CC3)o1. The van der Waals surface area contributed by atoms with Gasteiger partial charge in [0.1, 0.15) is 11.5 Å². The van der Waals surface area contributed by atoms with Crippen LogP contribution in [0.4, 0.5) is 0 Å². The number of amides is 1. The second-order valence-electron chi connectivity index (χ2n) is 7.04. The van der Waals surface area contributed by atoms with Crippen molar-refractivity contribution in [3.8, 4) is 11.6 Å². The van der Waals surface area contributed by atoms with Crippen molar-refractivity contribution in [2.45, 2.75) is 46.6 Å². The fourth-order valence-corrected chi connectivity index (χ4v) is 3.69. The van der Waals surface area contributed by atoms with Crippen molar-refractivity contribution in [3.05, 3.63) is 40.2 Å². The van der Waals surface area contributed by atoms with Gasteiger partial charge in [0.15, 0.2) is 5.69 Å². The van der Waals surface area contributed by atoms with Gasteiger partial charge in [0, 0.05) is 49.8 Å². The Labute approximate surface area is 157 Å². The minimum atomic E-state index is 0.124. The van der Waals surface area contributed by atoms with E-state index in [0.717, 1.165) is 46.2 Å². The van der Waals surface area contributed by atoms with Crippen molar-refractivity contribution >= 4 is 5.91 Å². The van der Waals surface area contributed by atoms with E-state index in [4.69, 9.17) is 8.94 Å². The number of fused-ring (bicyclic) bond motifs is 1. The fraction of sp³-hybridized carbons (Fsp3) is 0.474. The summed E-state index contributed by atoms with van der Waals surface area (Å²) in [4.78, 5) is 19.0. The highest BCUT2D eigenvalue weighted by Gasteiger charge is 2.29. The third-order valence-electron chi connectivity index (χ3n) is 5.19. The lowest BCUT2D eigenvalue weighted by molar-refractivity contribution is -0.132. The Balaban J connectivity index is 1.51. The van der Waals surface area contributed by atoms with E-state index in [9.17, 15) is 4.79 Å². The molecule has 0 unspecified atom stereocenters. The van der Waals surface area contributed by atoms with Gasteiger partial charge in [-0.25, -0.2) is 4.98 Å². The summed E-state index contributed by atoms with van der Waals surface area (Å²) in [6.07, 6.45) is 3.54. The van der Waals surface area contributed by atoms with Crippen LogP contribution in [0.25, 0.3) is 11.6 Å². The summed E-state index contributed by atoms with van der Waals surface area (Å²) in [6, 6.07) is 0. The lowest BCUT2D eigenvalue weighted by Gasteiger charge is -2.27. The highest BCUT2D eigenvalue weighted by Crippen LogP contribution is 2.29. The molecule has 1 amide bonds. The summed E-state index contributed by atoms with van der Waals surface area (Å²) >= 11 is 0. The van der Waals surface area contributed by atoms with Gasteiger partial charge in [0.05, 0.1) is 11.9 Å². The molecule has 8 nitrogen and oxygen atoms in total. The first kappa shape index (κ1) is 17.5. The summed E-state index contributed by atoms with van der Waals surface area (Å²) < 4.78 is 12.7. The molecule has 0 saturated heterocycles. The molecule has 0 fully saturated rings. The lowest BCUT2D eigenvalue weighted by Crippen LogP contribution is -2.36. The third kappa shape index (κ3) is 3.15. The smallest absolute Gasteiger partial charge is 0.247 e. The minimum absolute atomic E-state index is 0.124. The number of hydrogen-bond acceptors (Lipinski definition) is 6. The van der Waals surface area contributed by atoms with E-state index in [1.54, 1.807) is 6.20 Å². The quantitative estimate of drug-likeness (QED) is 0.702. The molecule has 3 aromatic heterocycles. The number of nitrogens with zero attached hydrogens (tertiary/aromatic N) is 5. The molecule has 8 heteroatoms. The molecule has 0 aromatic carbocycles. The van der Waals surface area contributed by atoms with Crippen molar-refractivity contribution < 1.29 is 13.7 Å². The van der Waals surface area contributed by atoms with Crippen molar-refractivity contribution in [1.29, 1.82) is 0 Å². The van der Waals surface area contributed by atoms with Crippen molar-refractivity contribution in [2.24, 2.45) is 7.05 Å². The largest absolute Gasteiger partial charge is 0.440 e. The highest BCUT2D eigenvalue weighted by molar-refractivity contribution is 5.77. The van der Waals surface area contributed by atoms with Crippen LogP contribution in [0.1, 0.15) is 40.5 Å². The van der Waals surface area contributed by atoms with Crippen LogP contribution in [0, 0.1) is 20.8 Å². The van der Waals surface area contributed by atoms with Gasteiger partial charge in [-0.05, 0) is 27.2 Å². The van der Waals surface area contributed by atoms with Gasteiger partial charge in [0.2, 0.25) is 11.8 Å². The number of aryl methyl sites for hydroxylation is 4. The molecule has 3 aromatic rings. The molecule has 0 radical (unpaired) electrons. The van der Waals surface area contributed by atoms with Crippen LogP contribution in [0.3, 0.4) is 0 Å². The van der Waals surface area contributed by atoms with E-state index < -0.39 is 0 Å². The molecule has 0 spiro atoms. The van der Waals surface area contributed by atoms with Gasteiger partial charge >= 0.3 is 0 Å². The third-order valence-corrected chi connectivity index (χ3v) is 5.19. The molecule has 27 heavy (non-hydrogen) atoms. The molecule has 1 aliphatic heterocycles. The maximum Gasteiger partial charge on any atom is 0.247 e. The van der Waals surface area contributed by atoms with E-state index in [0.29, 0.717) is 31.8 Å². The Kier molecular flexibility index (Phi) is 4.33. The summed E-state index contributed by atoms with van der Waals surface area (Å²) in [5, 5.41) is 8.54. The van der Waals surface area contributed by atoms with Gasteiger partial charge in [-0.1, -0.05) is 5.16 Å².